The molecule has 0 radical (unpaired) electrons. The van der Waals surface area contributed by atoms with Crippen LogP contribution in [0.1, 0.15) is 64.4 Å². The van der Waals surface area contributed by atoms with E-state index in [1.807, 2.05) is 30.3 Å². The first-order valence-corrected chi connectivity index (χ1v) is 9.78. The molecule has 2 atom stereocenters. The van der Waals surface area contributed by atoms with Gasteiger partial charge in [-0.1, -0.05) is 75.8 Å². The van der Waals surface area contributed by atoms with Gasteiger partial charge in [0, 0.05) is 13.3 Å². The number of unbranched alkanes of at least 4 members (excludes halogenated alkanes) is 5. The Bertz CT molecular complexity index is 589. The number of hydrogen-bond donors (Lipinski definition) is 3. The monoisotopic (exact) mass is 376 g/mol. The zero-order chi connectivity index (χ0) is 20.1. The van der Waals surface area contributed by atoms with Gasteiger partial charge in [0.05, 0.1) is 0 Å². The maximum Gasteiger partial charge on any atom is 0.326 e. The Hall–Kier alpha value is -2.37. The van der Waals surface area contributed by atoms with Gasteiger partial charge >= 0.3 is 5.97 Å². The average molecular weight is 376 g/mol. The van der Waals surface area contributed by atoms with Crippen molar-refractivity contribution < 1.29 is 19.5 Å². The summed E-state index contributed by atoms with van der Waals surface area (Å²) in [5, 5.41) is 14.6. The summed E-state index contributed by atoms with van der Waals surface area (Å²) >= 11 is 0. The second-order valence-electron chi connectivity index (χ2n) is 6.90. The molecule has 3 N–H and O–H groups in total. The largest absolute Gasteiger partial charge is 0.480 e. The van der Waals surface area contributed by atoms with Gasteiger partial charge in [-0.25, -0.2) is 4.79 Å². The number of benzene rings is 1. The maximum atomic E-state index is 12.6. The van der Waals surface area contributed by atoms with Crippen LogP contribution in [-0.2, 0) is 20.8 Å². The fraction of sp³-hybridized carbons (Fsp3) is 0.571. The predicted octanol–water partition coefficient (Wildman–Crippen LogP) is 3.05. The van der Waals surface area contributed by atoms with Crippen LogP contribution in [0.2, 0.25) is 0 Å². The van der Waals surface area contributed by atoms with Gasteiger partial charge in [0.1, 0.15) is 12.1 Å². The Kier molecular flexibility index (Phi) is 10.8. The molecular weight excluding hydrogens is 344 g/mol. The fourth-order valence-corrected chi connectivity index (χ4v) is 2.96. The second-order valence-corrected chi connectivity index (χ2v) is 6.90. The predicted molar refractivity (Wildman–Crippen MR) is 105 cm³/mol. The van der Waals surface area contributed by atoms with Crippen LogP contribution in [0, 0.1) is 0 Å². The van der Waals surface area contributed by atoms with Gasteiger partial charge in [0.15, 0.2) is 0 Å². The molecule has 6 nitrogen and oxygen atoms in total. The molecule has 0 saturated carbocycles. The van der Waals surface area contributed by atoms with Crippen molar-refractivity contribution in [1.29, 1.82) is 0 Å². The van der Waals surface area contributed by atoms with E-state index in [1.54, 1.807) is 0 Å². The quantitative estimate of drug-likeness (QED) is 0.461. The molecule has 0 heterocycles. The number of aliphatic carboxylic acids is 1. The summed E-state index contributed by atoms with van der Waals surface area (Å²) in [5.41, 5.74) is 0.897. The molecule has 0 bridgehead atoms. The third kappa shape index (κ3) is 9.78. The number of hydrogen-bond acceptors (Lipinski definition) is 3. The van der Waals surface area contributed by atoms with Crippen molar-refractivity contribution in [3.63, 3.8) is 0 Å². The van der Waals surface area contributed by atoms with Crippen LogP contribution in [0.5, 0.6) is 0 Å². The standard InChI is InChI=1S/C21H32N2O4/c1-3-4-5-6-7-11-14-18(21(26)27)23-20(25)19(22-16(2)24)15-17-12-9-8-10-13-17/h8-10,12-13,18-19H,3-7,11,14-15H2,1-2H3,(H,22,24)(H,23,25)(H,26,27)/t18-,19-/m1/s1. The lowest BCUT2D eigenvalue weighted by Crippen LogP contribution is -2.52. The number of carboxylic acid groups (broad SMARTS) is 1. The first-order chi connectivity index (χ1) is 12.9. The number of carbonyl (C=O) groups excluding carboxylic acids is 2. The average Bonchev–Trinajstić information content (AvgIpc) is 2.63. The summed E-state index contributed by atoms with van der Waals surface area (Å²) in [7, 11) is 0. The van der Waals surface area contributed by atoms with Crippen LogP contribution >= 0.6 is 0 Å². The summed E-state index contributed by atoms with van der Waals surface area (Å²) in [6.07, 6.45) is 7.01. The first kappa shape index (κ1) is 22.7. The van der Waals surface area contributed by atoms with Gasteiger partial charge in [0.25, 0.3) is 0 Å². The van der Waals surface area contributed by atoms with Crippen LogP contribution in [-0.4, -0.2) is 35.0 Å². The smallest absolute Gasteiger partial charge is 0.326 e. The Morgan fingerprint density at radius 3 is 2.15 bits per heavy atom. The van der Waals surface area contributed by atoms with Crippen molar-refractivity contribution in [3.05, 3.63) is 35.9 Å². The highest BCUT2D eigenvalue weighted by atomic mass is 16.4. The van der Waals surface area contributed by atoms with Crippen LogP contribution in [0.15, 0.2) is 30.3 Å². The number of amides is 2. The highest BCUT2D eigenvalue weighted by Crippen LogP contribution is 2.10. The van der Waals surface area contributed by atoms with E-state index in [0.717, 1.165) is 31.2 Å². The molecule has 0 spiro atoms. The van der Waals surface area contributed by atoms with Crippen LogP contribution in [0.4, 0.5) is 0 Å². The van der Waals surface area contributed by atoms with E-state index in [4.69, 9.17) is 0 Å². The molecule has 0 aromatic heterocycles. The molecule has 1 aromatic carbocycles. The van der Waals surface area contributed by atoms with Crippen LogP contribution in [0.3, 0.4) is 0 Å². The minimum absolute atomic E-state index is 0.315. The summed E-state index contributed by atoms with van der Waals surface area (Å²) in [6.45, 7) is 3.49. The van der Waals surface area contributed by atoms with E-state index in [-0.39, 0.29) is 5.91 Å². The molecule has 0 aliphatic rings. The molecule has 0 saturated heterocycles. The minimum Gasteiger partial charge on any atom is -0.480 e. The van der Waals surface area contributed by atoms with Gasteiger partial charge in [-0.05, 0) is 12.0 Å². The highest BCUT2D eigenvalue weighted by molar-refractivity contribution is 5.90. The summed E-state index contributed by atoms with van der Waals surface area (Å²) < 4.78 is 0. The van der Waals surface area contributed by atoms with Crippen LogP contribution in [0.25, 0.3) is 0 Å². The Morgan fingerprint density at radius 1 is 0.926 bits per heavy atom. The summed E-state index contributed by atoms with van der Waals surface area (Å²) in [4.78, 5) is 35.5. The van der Waals surface area contributed by atoms with E-state index in [2.05, 4.69) is 17.6 Å². The molecule has 1 aromatic rings. The van der Waals surface area contributed by atoms with E-state index >= 15 is 0 Å². The van der Waals surface area contributed by atoms with Crippen molar-refractivity contribution >= 4 is 17.8 Å². The highest BCUT2D eigenvalue weighted by Gasteiger charge is 2.25. The summed E-state index contributed by atoms with van der Waals surface area (Å²) in [5.74, 6) is -1.83. The number of nitrogens with one attached hydrogen (secondary N) is 2. The minimum atomic E-state index is -1.04. The molecular formula is C21H32N2O4. The lowest BCUT2D eigenvalue weighted by atomic mass is 10.0. The molecule has 6 heteroatoms. The molecule has 2 amide bonds. The number of carboxylic acids is 1. The number of rotatable bonds is 13. The van der Waals surface area contributed by atoms with Crippen molar-refractivity contribution in [1.82, 2.24) is 10.6 Å². The topological polar surface area (TPSA) is 95.5 Å². The van der Waals surface area contributed by atoms with Crippen molar-refractivity contribution in [3.8, 4) is 0 Å². The molecule has 0 fully saturated rings. The zero-order valence-electron chi connectivity index (χ0n) is 16.4. The second kappa shape index (κ2) is 12.9. The summed E-state index contributed by atoms with van der Waals surface area (Å²) in [6, 6.07) is 7.60. The lowest BCUT2D eigenvalue weighted by molar-refractivity contribution is -0.142. The van der Waals surface area contributed by atoms with E-state index in [1.165, 1.54) is 19.8 Å². The van der Waals surface area contributed by atoms with Crippen molar-refractivity contribution in [2.24, 2.45) is 0 Å². The Balaban J connectivity index is 2.60. The molecule has 0 aliphatic carbocycles. The maximum absolute atomic E-state index is 12.6. The molecule has 0 unspecified atom stereocenters. The fourth-order valence-electron chi connectivity index (χ4n) is 2.96. The molecule has 27 heavy (non-hydrogen) atoms. The Morgan fingerprint density at radius 2 is 1.56 bits per heavy atom. The van der Waals surface area contributed by atoms with Gasteiger partial charge < -0.3 is 15.7 Å². The van der Waals surface area contributed by atoms with Crippen molar-refractivity contribution in [2.75, 3.05) is 0 Å². The van der Waals surface area contributed by atoms with Crippen LogP contribution < -0.4 is 10.6 Å². The van der Waals surface area contributed by atoms with Gasteiger partial charge in [-0.2, -0.15) is 0 Å². The SMILES string of the molecule is CCCCCCCC[C@@H](NC(=O)[C@@H](Cc1ccccc1)NC(C)=O)C(=O)O. The van der Waals surface area contributed by atoms with Gasteiger partial charge in [0.2, 0.25) is 11.8 Å². The van der Waals surface area contributed by atoms with E-state index in [0.29, 0.717) is 12.8 Å². The lowest BCUT2D eigenvalue weighted by Gasteiger charge is -2.21. The van der Waals surface area contributed by atoms with E-state index < -0.39 is 24.0 Å². The Labute approximate surface area is 161 Å². The van der Waals surface area contributed by atoms with Crippen molar-refractivity contribution in [2.45, 2.75) is 77.3 Å². The van der Waals surface area contributed by atoms with E-state index in [9.17, 15) is 19.5 Å². The first-order valence-electron chi connectivity index (χ1n) is 9.78. The van der Waals surface area contributed by atoms with Gasteiger partial charge in [-0.15, -0.1) is 0 Å². The van der Waals surface area contributed by atoms with Gasteiger partial charge in [-0.3, -0.25) is 9.59 Å². The zero-order valence-corrected chi connectivity index (χ0v) is 16.4. The molecule has 0 aliphatic heterocycles. The third-order valence-corrected chi connectivity index (χ3v) is 4.44. The third-order valence-electron chi connectivity index (χ3n) is 4.44. The molecule has 1 rings (SSSR count). The number of carbonyl (C=O) groups is 3. The normalized spacial score (nSPS) is 12.8. The molecule has 150 valence electrons.